The maximum Gasteiger partial charge on any atom is 0.200 e. The normalized spacial score (nSPS) is 27.6. The smallest absolute Gasteiger partial charge is 0.200 e. The summed E-state index contributed by atoms with van der Waals surface area (Å²) in [6.45, 7) is 7.78. The Kier molecular flexibility index (Phi) is 3.90. The van der Waals surface area contributed by atoms with Crippen molar-refractivity contribution in [2.24, 2.45) is 5.92 Å². The Morgan fingerprint density at radius 1 is 0.846 bits per heavy atom. The summed E-state index contributed by atoms with van der Waals surface area (Å²) in [5.74, 6) is -2.20. The fourth-order valence-corrected chi connectivity index (χ4v) is 4.01. The summed E-state index contributed by atoms with van der Waals surface area (Å²) in [6.07, 6.45) is 0.717. The van der Waals surface area contributed by atoms with Crippen molar-refractivity contribution in [3.8, 4) is 34.5 Å². The molecule has 0 fully saturated rings. The van der Waals surface area contributed by atoms with E-state index in [0.717, 1.165) is 12.0 Å². The molecular formula is C20H24O6. The summed E-state index contributed by atoms with van der Waals surface area (Å²) in [5, 5.41) is 50.3. The fraction of sp³-hybridized carbons (Fsp3) is 0.400. The molecule has 26 heavy (non-hydrogen) atoms. The van der Waals surface area contributed by atoms with Crippen LogP contribution in [0.2, 0.25) is 0 Å². The van der Waals surface area contributed by atoms with Gasteiger partial charge in [0.05, 0.1) is 0 Å². The maximum absolute atomic E-state index is 10.4. The molecule has 0 aromatic heterocycles. The predicted octanol–water partition coefficient (Wildman–Crippen LogP) is 3.83. The predicted molar refractivity (Wildman–Crippen MR) is 96.0 cm³/mol. The molecule has 1 aliphatic heterocycles. The van der Waals surface area contributed by atoms with E-state index in [1.54, 1.807) is 13.0 Å². The van der Waals surface area contributed by atoms with E-state index < -0.39 is 28.3 Å². The highest BCUT2D eigenvalue weighted by atomic mass is 16.5. The van der Waals surface area contributed by atoms with Crippen LogP contribution in [0.4, 0.5) is 0 Å². The molecule has 6 nitrogen and oxygen atoms in total. The molecule has 0 saturated heterocycles. The highest BCUT2D eigenvalue weighted by Crippen LogP contribution is 2.59. The lowest BCUT2D eigenvalue weighted by atomic mass is 9.61. The topological polar surface area (TPSA) is 110 Å². The van der Waals surface area contributed by atoms with Gasteiger partial charge in [-0.3, -0.25) is 0 Å². The summed E-state index contributed by atoms with van der Waals surface area (Å²) in [7, 11) is 0. The number of aromatic hydroxyl groups is 5. The third-order valence-electron chi connectivity index (χ3n) is 6.22. The van der Waals surface area contributed by atoms with E-state index in [1.807, 2.05) is 20.8 Å². The van der Waals surface area contributed by atoms with E-state index in [1.165, 1.54) is 18.2 Å². The van der Waals surface area contributed by atoms with E-state index in [9.17, 15) is 25.5 Å². The lowest BCUT2D eigenvalue weighted by molar-refractivity contribution is -0.0352. The van der Waals surface area contributed by atoms with E-state index in [4.69, 9.17) is 4.74 Å². The average molecular weight is 360 g/mol. The molecule has 6 heteroatoms. The minimum Gasteiger partial charge on any atom is -0.504 e. The standard InChI is InChI=1S/C20H24O6/c1-5-19(3)10(2)20(4,11-6-8-13(21)16(24)15(11)23)26-18-12(19)7-9-14(22)17(18)25/h6-10,21-25H,5H2,1-4H3. The Balaban J connectivity index is 2.30. The Morgan fingerprint density at radius 2 is 1.38 bits per heavy atom. The zero-order chi connectivity index (χ0) is 19.4. The van der Waals surface area contributed by atoms with Crippen LogP contribution in [-0.2, 0) is 11.0 Å². The van der Waals surface area contributed by atoms with Gasteiger partial charge in [-0.1, -0.05) is 26.8 Å². The second-order valence-corrected chi connectivity index (χ2v) is 7.34. The Labute approximate surface area is 151 Å². The van der Waals surface area contributed by atoms with Gasteiger partial charge in [-0.2, -0.15) is 0 Å². The molecule has 0 saturated carbocycles. The number of phenolic OH excluding ortho intramolecular Hbond substituents is 5. The van der Waals surface area contributed by atoms with Crippen LogP contribution in [0.5, 0.6) is 34.5 Å². The van der Waals surface area contributed by atoms with Crippen molar-refractivity contribution in [1.82, 2.24) is 0 Å². The number of ether oxygens (including phenoxy) is 1. The fourth-order valence-electron chi connectivity index (χ4n) is 4.01. The van der Waals surface area contributed by atoms with Crippen LogP contribution < -0.4 is 4.74 Å². The Morgan fingerprint density at radius 3 is 1.96 bits per heavy atom. The van der Waals surface area contributed by atoms with Crippen LogP contribution in [0, 0.1) is 5.92 Å². The van der Waals surface area contributed by atoms with Crippen LogP contribution in [-0.4, -0.2) is 25.5 Å². The first-order valence-corrected chi connectivity index (χ1v) is 8.56. The number of hydrogen-bond acceptors (Lipinski definition) is 6. The largest absolute Gasteiger partial charge is 0.504 e. The lowest BCUT2D eigenvalue weighted by Gasteiger charge is -2.51. The zero-order valence-electron chi connectivity index (χ0n) is 15.2. The van der Waals surface area contributed by atoms with Crippen molar-refractivity contribution >= 4 is 0 Å². The second kappa shape index (κ2) is 5.62. The minimum absolute atomic E-state index is 0.155. The van der Waals surface area contributed by atoms with Crippen molar-refractivity contribution in [2.45, 2.75) is 45.1 Å². The molecule has 5 N–H and O–H groups in total. The van der Waals surface area contributed by atoms with Crippen LogP contribution in [0.25, 0.3) is 0 Å². The summed E-state index contributed by atoms with van der Waals surface area (Å²) >= 11 is 0. The summed E-state index contributed by atoms with van der Waals surface area (Å²) in [6, 6.07) is 5.94. The molecule has 0 spiro atoms. The van der Waals surface area contributed by atoms with E-state index in [0.29, 0.717) is 0 Å². The Bertz CT molecular complexity index is 877. The second-order valence-electron chi connectivity index (χ2n) is 7.34. The number of rotatable bonds is 2. The van der Waals surface area contributed by atoms with Gasteiger partial charge >= 0.3 is 0 Å². The average Bonchev–Trinajstić information content (AvgIpc) is 2.61. The molecule has 3 unspecified atom stereocenters. The quantitative estimate of drug-likeness (QED) is 0.521. The third-order valence-corrected chi connectivity index (χ3v) is 6.22. The van der Waals surface area contributed by atoms with Crippen molar-refractivity contribution in [3.63, 3.8) is 0 Å². The molecule has 0 bridgehead atoms. The van der Waals surface area contributed by atoms with Crippen LogP contribution in [0.3, 0.4) is 0 Å². The van der Waals surface area contributed by atoms with Crippen molar-refractivity contribution in [1.29, 1.82) is 0 Å². The van der Waals surface area contributed by atoms with Crippen molar-refractivity contribution in [3.05, 3.63) is 35.4 Å². The van der Waals surface area contributed by atoms with E-state index >= 15 is 0 Å². The first-order chi connectivity index (χ1) is 12.1. The molecular weight excluding hydrogens is 336 g/mol. The SMILES string of the molecule is CCC1(C)c2ccc(O)c(O)c2OC(C)(c2ccc(O)c(O)c2O)C1C. The van der Waals surface area contributed by atoms with Crippen LogP contribution in [0.1, 0.15) is 45.2 Å². The van der Waals surface area contributed by atoms with Crippen LogP contribution in [0.15, 0.2) is 24.3 Å². The highest BCUT2D eigenvalue weighted by molar-refractivity contribution is 5.61. The first-order valence-electron chi connectivity index (χ1n) is 8.56. The molecule has 140 valence electrons. The molecule has 0 radical (unpaired) electrons. The molecule has 0 amide bonds. The number of phenols is 5. The van der Waals surface area contributed by atoms with Gasteiger partial charge in [-0.05, 0) is 31.5 Å². The van der Waals surface area contributed by atoms with Crippen LogP contribution >= 0.6 is 0 Å². The van der Waals surface area contributed by atoms with Gasteiger partial charge in [-0.25, -0.2) is 0 Å². The van der Waals surface area contributed by atoms with Gasteiger partial charge in [0.1, 0.15) is 5.60 Å². The summed E-state index contributed by atoms with van der Waals surface area (Å²) in [4.78, 5) is 0. The number of hydrogen-bond donors (Lipinski definition) is 5. The molecule has 2 aromatic carbocycles. The highest BCUT2D eigenvalue weighted by Gasteiger charge is 2.53. The van der Waals surface area contributed by atoms with Crippen molar-refractivity contribution < 1.29 is 30.3 Å². The molecule has 2 aromatic rings. The van der Waals surface area contributed by atoms with Crippen molar-refractivity contribution in [2.75, 3.05) is 0 Å². The lowest BCUT2D eigenvalue weighted by Crippen LogP contribution is -2.50. The zero-order valence-corrected chi connectivity index (χ0v) is 15.2. The van der Waals surface area contributed by atoms with Gasteiger partial charge in [-0.15, -0.1) is 0 Å². The van der Waals surface area contributed by atoms with Gasteiger partial charge in [0.15, 0.2) is 23.0 Å². The minimum atomic E-state index is -1.13. The van der Waals surface area contributed by atoms with Gasteiger partial charge in [0, 0.05) is 22.5 Å². The molecule has 3 atom stereocenters. The van der Waals surface area contributed by atoms with Gasteiger partial charge in [0.25, 0.3) is 0 Å². The Hall–Kier alpha value is -2.76. The summed E-state index contributed by atoms with van der Waals surface area (Å²) < 4.78 is 6.14. The van der Waals surface area contributed by atoms with Gasteiger partial charge < -0.3 is 30.3 Å². The first kappa shape index (κ1) is 18.0. The molecule has 1 aliphatic rings. The molecule has 1 heterocycles. The van der Waals surface area contributed by atoms with E-state index in [2.05, 4.69) is 0 Å². The molecule has 3 rings (SSSR count). The molecule has 0 aliphatic carbocycles. The summed E-state index contributed by atoms with van der Waals surface area (Å²) in [5.41, 5.74) is -0.512. The monoisotopic (exact) mass is 360 g/mol. The van der Waals surface area contributed by atoms with E-state index in [-0.39, 0.29) is 28.7 Å². The van der Waals surface area contributed by atoms with Gasteiger partial charge in [0.2, 0.25) is 11.5 Å². The number of fused-ring (bicyclic) bond motifs is 1. The maximum atomic E-state index is 10.4. The number of benzene rings is 2. The third kappa shape index (κ3) is 2.18.